The fourth-order valence-electron chi connectivity index (χ4n) is 2.00. The molecule has 5 heteroatoms. The van der Waals surface area contributed by atoms with Gasteiger partial charge in [0.1, 0.15) is 0 Å². The summed E-state index contributed by atoms with van der Waals surface area (Å²) in [6.07, 6.45) is 1.99. The average Bonchev–Trinajstić information content (AvgIpc) is 2.29. The second kappa shape index (κ2) is 3.64. The van der Waals surface area contributed by atoms with Crippen molar-refractivity contribution < 1.29 is 9.59 Å². The van der Waals surface area contributed by atoms with E-state index in [0.717, 1.165) is 25.9 Å². The Morgan fingerprint density at radius 1 is 1.15 bits per heavy atom. The molecule has 74 valence electrons. The van der Waals surface area contributed by atoms with Crippen molar-refractivity contribution in [3.8, 4) is 0 Å². The lowest BCUT2D eigenvalue weighted by atomic mass is 9.78. The molecule has 2 saturated heterocycles. The van der Waals surface area contributed by atoms with Crippen molar-refractivity contribution in [2.75, 3.05) is 13.1 Å². The number of halogens is 1. The highest BCUT2D eigenvalue weighted by Gasteiger charge is 2.46. The summed E-state index contributed by atoms with van der Waals surface area (Å²) in [6, 6.07) is 0. The summed E-state index contributed by atoms with van der Waals surface area (Å²) in [4.78, 5) is 22.4. The molecule has 1 spiro atoms. The van der Waals surface area contributed by atoms with Crippen LogP contribution in [0.25, 0.3) is 0 Å². The van der Waals surface area contributed by atoms with E-state index in [9.17, 15) is 9.59 Å². The standard InChI is InChI=1S/C8H12N2O2.ClH/c11-6-5-8(7(12)10-6)1-3-9-4-2-8;/h9H,1-5H2,(H,10,11,12);1H. The molecule has 2 aliphatic rings. The Balaban J connectivity index is 0.000000845. The van der Waals surface area contributed by atoms with Crippen LogP contribution in [0.1, 0.15) is 19.3 Å². The summed E-state index contributed by atoms with van der Waals surface area (Å²) in [5.74, 6) is -0.170. The Labute approximate surface area is 82.9 Å². The molecule has 2 N–H and O–H groups in total. The van der Waals surface area contributed by atoms with E-state index in [4.69, 9.17) is 0 Å². The number of hydrogen-bond donors (Lipinski definition) is 2. The smallest absolute Gasteiger partial charge is 0.233 e. The van der Waals surface area contributed by atoms with Crippen LogP contribution in [-0.2, 0) is 9.59 Å². The SMILES string of the molecule is Cl.O=C1CC2(CCNCC2)C(=O)N1. The normalized spacial score (nSPS) is 25.5. The largest absolute Gasteiger partial charge is 0.317 e. The Kier molecular flexibility index (Phi) is 2.93. The molecule has 2 heterocycles. The minimum Gasteiger partial charge on any atom is -0.317 e. The molecule has 13 heavy (non-hydrogen) atoms. The predicted octanol–water partition coefficient (Wildman–Crippen LogP) is -0.176. The molecule has 4 nitrogen and oxygen atoms in total. The zero-order valence-electron chi connectivity index (χ0n) is 7.26. The van der Waals surface area contributed by atoms with Crippen molar-refractivity contribution in [3.63, 3.8) is 0 Å². The molecule has 0 bridgehead atoms. The summed E-state index contributed by atoms with van der Waals surface area (Å²) in [5, 5.41) is 5.55. The fourth-order valence-corrected chi connectivity index (χ4v) is 2.00. The minimum absolute atomic E-state index is 0. The summed E-state index contributed by atoms with van der Waals surface area (Å²) < 4.78 is 0. The third kappa shape index (κ3) is 1.69. The van der Waals surface area contributed by atoms with Gasteiger partial charge in [-0.25, -0.2) is 0 Å². The molecule has 0 radical (unpaired) electrons. The van der Waals surface area contributed by atoms with E-state index in [-0.39, 0.29) is 29.6 Å². The lowest BCUT2D eigenvalue weighted by Gasteiger charge is -2.29. The number of rotatable bonds is 0. The van der Waals surface area contributed by atoms with Crippen LogP contribution in [0.4, 0.5) is 0 Å². The molecular formula is C8H13ClN2O2. The monoisotopic (exact) mass is 204 g/mol. The first-order valence-electron chi connectivity index (χ1n) is 4.28. The number of imide groups is 1. The van der Waals surface area contributed by atoms with Crippen LogP contribution in [0.5, 0.6) is 0 Å². The van der Waals surface area contributed by atoms with Crippen LogP contribution in [-0.4, -0.2) is 24.9 Å². The molecule has 2 fully saturated rings. The molecule has 2 aliphatic heterocycles. The second-order valence-corrected chi connectivity index (χ2v) is 3.58. The molecule has 0 atom stereocenters. The summed E-state index contributed by atoms with van der Waals surface area (Å²) in [6.45, 7) is 1.70. The van der Waals surface area contributed by atoms with Gasteiger partial charge in [0.15, 0.2) is 0 Å². The van der Waals surface area contributed by atoms with Gasteiger partial charge in [-0.2, -0.15) is 0 Å². The molecule has 0 aromatic carbocycles. The van der Waals surface area contributed by atoms with Gasteiger partial charge in [-0.1, -0.05) is 0 Å². The van der Waals surface area contributed by atoms with E-state index in [2.05, 4.69) is 10.6 Å². The zero-order chi connectivity index (χ0) is 8.60. The third-order valence-electron chi connectivity index (χ3n) is 2.79. The van der Waals surface area contributed by atoms with Gasteiger partial charge in [0.25, 0.3) is 0 Å². The predicted molar refractivity (Wildman–Crippen MR) is 49.6 cm³/mol. The zero-order valence-corrected chi connectivity index (χ0v) is 8.08. The lowest BCUT2D eigenvalue weighted by Crippen LogP contribution is -2.41. The Morgan fingerprint density at radius 2 is 1.77 bits per heavy atom. The molecule has 0 unspecified atom stereocenters. The van der Waals surface area contributed by atoms with E-state index in [1.165, 1.54) is 0 Å². The van der Waals surface area contributed by atoms with Gasteiger partial charge < -0.3 is 5.32 Å². The van der Waals surface area contributed by atoms with E-state index in [1.54, 1.807) is 0 Å². The maximum Gasteiger partial charge on any atom is 0.233 e. The van der Waals surface area contributed by atoms with Crippen molar-refractivity contribution in [1.82, 2.24) is 10.6 Å². The van der Waals surface area contributed by atoms with E-state index in [1.807, 2.05) is 0 Å². The number of carbonyl (C=O) groups excluding carboxylic acids is 2. The van der Waals surface area contributed by atoms with Gasteiger partial charge in [0, 0.05) is 6.42 Å². The maximum atomic E-state index is 11.4. The van der Waals surface area contributed by atoms with Crippen LogP contribution in [0, 0.1) is 5.41 Å². The van der Waals surface area contributed by atoms with Gasteiger partial charge in [-0.3, -0.25) is 14.9 Å². The van der Waals surface area contributed by atoms with Crippen molar-refractivity contribution in [3.05, 3.63) is 0 Å². The van der Waals surface area contributed by atoms with E-state index >= 15 is 0 Å². The van der Waals surface area contributed by atoms with Crippen LogP contribution in [0.2, 0.25) is 0 Å². The van der Waals surface area contributed by atoms with Crippen LogP contribution < -0.4 is 10.6 Å². The summed E-state index contributed by atoms with van der Waals surface area (Å²) in [7, 11) is 0. The molecule has 0 aromatic heterocycles. The quantitative estimate of drug-likeness (QED) is 0.539. The van der Waals surface area contributed by atoms with Crippen LogP contribution >= 0.6 is 12.4 Å². The lowest BCUT2D eigenvalue weighted by molar-refractivity contribution is -0.129. The second-order valence-electron chi connectivity index (χ2n) is 3.58. The summed E-state index contributed by atoms with van der Waals surface area (Å²) in [5.41, 5.74) is -0.359. The number of piperidine rings is 1. The minimum atomic E-state index is -0.359. The summed E-state index contributed by atoms with van der Waals surface area (Å²) >= 11 is 0. The highest BCUT2D eigenvalue weighted by atomic mass is 35.5. The molecule has 2 rings (SSSR count). The first-order chi connectivity index (χ1) is 5.73. The van der Waals surface area contributed by atoms with Crippen molar-refractivity contribution >= 4 is 24.2 Å². The van der Waals surface area contributed by atoms with E-state index in [0.29, 0.717) is 6.42 Å². The van der Waals surface area contributed by atoms with Crippen molar-refractivity contribution in [1.29, 1.82) is 0 Å². The molecule has 0 aliphatic carbocycles. The Bertz CT molecular complexity index is 236. The maximum absolute atomic E-state index is 11.4. The fraction of sp³-hybridized carbons (Fsp3) is 0.750. The van der Waals surface area contributed by atoms with Gasteiger partial charge >= 0.3 is 0 Å². The van der Waals surface area contributed by atoms with Gasteiger partial charge in [0.2, 0.25) is 11.8 Å². The van der Waals surface area contributed by atoms with E-state index < -0.39 is 0 Å². The number of nitrogens with one attached hydrogen (secondary N) is 2. The molecule has 0 saturated carbocycles. The first-order valence-corrected chi connectivity index (χ1v) is 4.28. The molecular weight excluding hydrogens is 192 g/mol. The van der Waals surface area contributed by atoms with Crippen molar-refractivity contribution in [2.24, 2.45) is 5.41 Å². The van der Waals surface area contributed by atoms with Gasteiger partial charge in [-0.05, 0) is 25.9 Å². The number of hydrogen-bond acceptors (Lipinski definition) is 3. The van der Waals surface area contributed by atoms with Gasteiger partial charge in [0.05, 0.1) is 5.41 Å². The number of carbonyl (C=O) groups is 2. The first kappa shape index (κ1) is 10.5. The highest BCUT2D eigenvalue weighted by Crippen LogP contribution is 2.36. The highest BCUT2D eigenvalue weighted by molar-refractivity contribution is 6.05. The Morgan fingerprint density at radius 3 is 2.23 bits per heavy atom. The Hall–Kier alpha value is -0.610. The van der Waals surface area contributed by atoms with Crippen LogP contribution in [0.15, 0.2) is 0 Å². The third-order valence-corrected chi connectivity index (χ3v) is 2.79. The molecule has 0 aromatic rings. The topological polar surface area (TPSA) is 58.2 Å². The molecule has 2 amide bonds. The van der Waals surface area contributed by atoms with Gasteiger partial charge in [-0.15, -0.1) is 12.4 Å². The average molecular weight is 205 g/mol. The van der Waals surface area contributed by atoms with Crippen molar-refractivity contribution in [2.45, 2.75) is 19.3 Å². The number of amides is 2. The van der Waals surface area contributed by atoms with Crippen LogP contribution in [0.3, 0.4) is 0 Å².